The minimum absolute atomic E-state index is 0.542. The Bertz CT molecular complexity index is 175. The Morgan fingerprint density at radius 3 is 1.81 bits per heavy atom. The third-order valence-corrected chi connectivity index (χ3v) is 4.89. The first-order valence-corrected chi connectivity index (χ1v) is 7.47. The lowest BCUT2D eigenvalue weighted by atomic mass is 9.68. The lowest BCUT2D eigenvalue weighted by Crippen LogP contribution is -2.26. The van der Waals surface area contributed by atoms with Crippen LogP contribution in [0.4, 0.5) is 0 Å². The summed E-state index contributed by atoms with van der Waals surface area (Å²) in [5.74, 6) is 3.02. The molecule has 0 amide bonds. The van der Waals surface area contributed by atoms with Gasteiger partial charge in [0.15, 0.2) is 0 Å². The molecule has 0 aromatic heterocycles. The van der Waals surface area contributed by atoms with Crippen molar-refractivity contribution in [3.8, 4) is 0 Å². The molecule has 0 spiro atoms. The first kappa shape index (κ1) is 14.1. The molecule has 0 heteroatoms. The SMILES string of the molecule is CCC(CC)CC1CCC(C(C)(C)C)CC1. The van der Waals surface area contributed by atoms with E-state index in [1.54, 1.807) is 0 Å². The minimum atomic E-state index is 0.542. The van der Waals surface area contributed by atoms with Gasteiger partial charge in [0.25, 0.3) is 0 Å². The normalized spacial score (nSPS) is 27.4. The van der Waals surface area contributed by atoms with Gasteiger partial charge in [-0.25, -0.2) is 0 Å². The zero-order chi connectivity index (χ0) is 12.2. The Labute approximate surface area is 103 Å². The van der Waals surface area contributed by atoms with Crippen molar-refractivity contribution in [1.29, 1.82) is 0 Å². The average molecular weight is 224 g/mol. The van der Waals surface area contributed by atoms with Gasteiger partial charge in [0.1, 0.15) is 0 Å². The molecule has 1 aliphatic rings. The third kappa shape index (κ3) is 4.11. The molecule has 0 atom stereocenters. The van der Waals surface area contributed by atoms with Gasteiger partial charge in [0, 0.05) is 0 Å². The highest BCUT2D eigenvalue weighted by molar-refractivity contribution is 4.81. The highest BCUT2D eigenvalue weighted by Crippen LogP contribution is 2.41. The zero-order valence-electron chi connectivity index (χ0n) is 12.2. The van der Waals surface area contributed by atoms with Crippen LogP contribution in [-0.2, 0) is 0 Å². The van der Waals surface area contributed by atoms with Gasteiger partial charge in [0.05, 0.1) is 0 Å². The smallest absolute Gasteiger partial charge is 0.0354 e. The molecule has 0 N–H and O–H groups in total. The molecule has 0 aromatic rings. The first-order chi connectivity index (χ1) is 7.47. The van der Waals surface area contributed by atoms with Gasteiger partial charge in [0.2, 0.25) is 0 Å². The molecule has 0 radical (unpaired) electrons. The topological polar surface area (TPSA) is 0 Å². The quantitative estimate of drug-likeness (QED) is 0.577. The molecule has 96 valence electrons. The summed E-state index contributed by atoms with van der Waals surface area (Å²) in [7, 11) is 0. The maximum absolute atomic E-state index is 2.42. The molecule has 0 aromatic carbocycles. The van der Waals surface area contributed by atoms with Crippen LogP contribution >= 0.6 is 0 Å². The lowest BCUT2D eigenvalue weighted by Gasteiger charge is -2.37. The number of hydrogen-bond donors (Lipinski definition) is 0. The van der Waals surface area contributed by atoms with Crippen molar-refractivity contribution in [2.75, 3.05) is 0 Å². The van der Waals surface area contributed by atoms with Gasteiger partial charge < -0.3 is 0 Å². The highest BCUT2D eigenvalue weighted by Gasteiger charge is 2.30. The summed E-state index contributed by atoms with van der Waals surface area (Å²) in [5, 5.41) is 0. The van der Waals surface area contributed by atoms with Crippen LogP contribution in [0, 0.1) is 23.2 Å². The molecular weight excluding hydrogens is 192 g/mol. The monoisotopic (exact) mass is 224 g/mol. The fourth-order valence-corrected chi connectivity index (χ4v) is 3.36. The predicted molar refractivity (Wildman–Crippen MR) is 73.6 cm³/mol. The Morgan fingerprint density at radius 1 is 0.938 bits per heavy atom. The maximum Gasteiger partial charge on any atom is -0.0354 e. The van der Waals surface area contributed by atoms with Crippen molar-refractivity contribution in [3.05, 3.63) is 0 Å². The van der Waals surface area contributed by atoms with Crippen LogP contribution in [0.5, 0.6) is 0 Å². The molecule has 0 heterocycles. The number of rotatable bonds is 4. The van der Waals surface area contributed by atoms with Crippen molar-refractivity contribution in [1.82, 2.24) is 0 Å². The second-order valence-electron chi connectivity index (χ2n) is 7.00. The standard InChI is InChI=1S/C16H32/c1-6-13(7-2)12-14-8-10-15(11-9-14)16(3,4)5/h13-15H,6-12H2,1-5H3. The van der Waals surface area contributed by atoms with E-state index in [9.17, 15) is 0 Å². The molecule has 1 saturated carbocycles. The van der Waals surface area contributed by atoms with Crippen LogP contribution in [0.25, 0.3) is 0 Å². The summed E-state index contributed by atoms with van der Waals surface area (Å²) < 4.78 is 0. The second kappa shape index (κ2) is 6.07. The molecule has 0 saturated heterocycles. The Balaban J connectivity index is 2.32. The summed E-state index contributed by atoms with van der Waals surface area (Å²) in [6.07, 6.45) is 10.2. The van der Waals surface area contributed by atoms with Crippen LogP contribution in [0.15, 0.2) is 0 Å². The van der Waals surface area contributed by atoms with Crippen molar-refractivity contribution in [2.24, 2.45) is 23.2 Å². The van der Waals surface area contributed by atoms with Crippen LogP contribution < -0.4 is 0 Å². The van der Waals surface area contributed by atoms with Gasteiger partial charge in [-0.3, -0.25) is 0 Å². The fraction of sp³-hybridized carbons (Fsp3) is 1.00. The van der Waals surface area contributed by atoms with E-state index in [-0.39, 0.29) is 0 Å². The molecule has 0 unspecified atom stereocenters. The maximum atomic E-state index is 2.42. The van der Waals surface area contributed by atoms with E-state index >= 15 is 0 Å². The van der Waals surface area contributed by atoms with E-state index in [1.165, 1.54) is 44.9 Å². The summed E-state index contributed by atoms with van der Waals surface area (Å²) in [6, 6.07) is 0. The Morgan fingerprint density at radius 2 is 1.44 bits per heavy atom. The van der Waals surface area contributed by atoms with E-state index in [0.29, 0.717) is 5.41 Å². The second-order valence-corrected chi connectivity index (χ2v) is 7.00. The first-order valence-electron chi connectivity index (χ1n) is 7.47. The van der Waals surface area contributed by atoms with Crippen molar-refractivity contribution < 1.29 is 0 Å². The van der Waals surface area contributed by atoms with Crippen molar-refractivity contribution >= 4 is 0 Å². The average Bonchev–Trinajstić information content (AvgIpc) is 2.25. The molecule has 0 nitrogen and oxygen atoms in total. The van der Waals surface area contributed by atoms with Gasteiger partial charge in [-0.15, -0.1) is 0 Å². The minimum Gasteiger partial charge on any atom is -0.0651 e. The van der Waals surface area contributed by atoms with Crippen LogP contribution in [0.1, 0.15) is 79.6 Å². The van der Waals surface area contributed by atoms with Gasteiger partial charge >= 0.3 is 0 Å². The van der Waals surface area contributed by atoms with E-state index < -0.39 is 0 Å². The van der Waals surface area contributed by atoms with E-state index in [4.69, 9.17) is 0 Å². The third-order valence-electron chi connectivity index (χ3n) is 4.89. The van der Waals surface area contributed by atoms with Crippen LogP contribution in [0.2, 0.25) is 0 Å². The highest BCUT2D eigenvalue weighted by atomic mass is 14.4. The van der Waals surface area contributed by atoms with E-state index in [2.05, 4.69) is 34.6 Å². The van der Waals surface area contributed by atoms with Crippen LogP contribution in [0.3, 0.4) is 0 Å². The molecule has 0 bridgehead atoms. The predicted octanol–water partition coefficient (Wildman–Crippen LogP) is 5.67. The van der Waals surface area contributed by atoms with Crippen molar-refractivity contribution in [2.45, 2.75) is 79.6 Å². The molecular formula is C16H32. The molecule has 1 rings (SSSR count). The summed E-state index contributed by atoms with van der Waals surface area (Å²) in [4.78, 5) is 0. The van der Waals surface area contributed by atoms with Crippen LogP contribution in [-0.4, -0.2) is 0 Å². The largest absolute Gasteiger partial charge is 0.0651 e. The molecule has 0 aliphatic heterocycles. The Kier molecular flexibility index (Phi) is 5.34. The summed E-state index contributed by atoms with van der Waals surface area (Å²) >= 11 is 0. The van der Waals surface area contributed by atoms with E-state index in [1.807, 2.05) is 0 Å². The Hall–Kier alpha value is 0. The van der Waals surface area contributed by atoms with Gasteiger partial charge in [-0.05, 0) is 42.4 Å². The fourth-order valence-electron chi connectivity index (χ4n) is 3.36. The molecule has 1 aliphatic carbocycles. The van der Waals surface area contributed by atoms with Gasteiger partial charge in [-0.1, -0.05) is 60.3 Å². The molecule has 1 fully saturated rings. The van der Waals surface area contributed by atoms with Crippen molar-refractivity contribution in [3.63, 3.8) is 0 Å². The van der Waals surface area contributed by atoms with Gasteiger partial charge in [-0.2, -0.15) is 0 Å². The molecule has 16 heavy (non-hydrogen) atoms. The number of hydrogen-bond acceptors (Lipinski definition) is 0. The zero-order valence-corrected chi connectivity index (χ0v) is 12.2. The lowest BCUT2D eigenvalue weighted by molar-refractivity contribution is 0.137. The summed E-state index contributed by atoms with van der Waals surface area (Å²) in [6.45, 7) is 12.0. The van der Waals surface area contributed by atoms with E-state index in [0.717, 1.165) is 17.8 Å². The summed E-state index contributed by atoms with van der Waals surface area (Å²) in [5.41, 5.74) is 0.542.